The van der Waals surface area contributed by atoms with Gasteiger partial charge in [-0.2, -0.15) is 11.8 Å². The van der Waals surface area contributed by atoms with Crippen molar-refractivity contribution in [1.29, 1.82) is 0 Å². The molecule has 6 nitrogen and oxygen atoms in total. The minimum atomic E-state index is -0.115. The first kappa shape index (κ1) is 16.4. The number of amides is 1. The number of anilines is 2. The minimum absolute atomic E-state index is 0.115. The van der Waals surface area contributed by atoms with Crippen LogP contribution >= 0.6 is 23.1 Å². The quantitative estimate of drug-likeness (QED) is 0.722. The molecule has 0 aliphatic carbocycles. The Labute approximate surface area is 133 Å². The molecule has 0 radical (unpaired) electrons. The Bertz CT molecular complexity index is 473. The molecule has 8 heteroatoms. The number of carbonyl (C=O) groups excluding carboxylic acids is 1. The fourth-order valence-electron chi connectivity index (χ4n) is 2.10. The van der Waals surface area contributed by atoms with Gasteiger partial charge in [0.25, 0.3) is 5.91 Å². The van der Waals surface area contributed by atoms with Gasteiger partial charge in [-0.15, -0.1) is 0 Å². The van der Waals surface area contributed by atoms with E-state index >= 15 is 0 Å². The second-order valence-corrected chi connectivity index (χ2v) is 7.28. The summed E-state index contributed by atoms with van der Waals surface area (Å²) in [5.41, 5.74) is 5.92. The Balaban J connectivity index is 1.99. The van der Waals surface area contributed by atoms with Gasteiger partial charge >= 0.3 is 0 Å². The van der Waals surface area contributed by atoms with Crippen LogP contribution < -0.4 is 21.3 Å². The van der Waals surface area contributed by atoms with E-state index in [0.717, 1.165) is 42.8 Å². The summed E-state index contributed by atoms with van der Waals surface area (Å²) in [7, 11) is 0. The molecule has 1 aliphatic heterocycles. The molecule has 2 rings (SSSR count). The summed E-state index contributed by atoms with van der Waals surface area (Å²) in [6.07, 6.45) is 0. The van der Waals surface area contributed by atoms with Crippen LogP contribution in [0.15, 0.2) is 0 Å². The first-order chi connectivity index (χ1) is 10.1. The van der Waals surface area contributed by atoms with Crippen molar-refractivity contribution in [3.05, 3.63) is 4.88 Å². The van der Waals surface area contributed by atoms with Crippen molar-refractivity contribution >= 4 is 40.0 Å². The fraction of sp³-hybridized carbons (Fsp3) is 0.692. The molecule has 4 N–H and O–H groups in total. The zero-order chi connectivity index (χ0) is 15.2. The van der Waals surface area contributed by atoms with Crippen molar-refractivity contribution < 1.29 is 4.79 Å². The van der Waals surface area contributed by atoms with Gasteiger partial charge in [-0.05, 0) is 12.7 Å². The van der Waals surface area contributed by atoms with Crippen LogP contribution in [0.4, 0.5) is 10.9 Å². The third kappa shape index (κ3) is 4.49. The molecule has 1 saturated heterocycles. The summed E-state index contributed by atoms with van der Waals surface area (Å²) in [6.45, 7) is 7.79. The Kier molecular flexibility index (Phi) is 6.13. The van der Waals surface area contributed by atoms with E-state index in [1.165, 1.54) is 11.3 Å². The van der Waals surface area contributed by atoms with Gasteiger partial charge in [-0.3, -0.25) is 4.79 Å². The standard InChI is InChI=1S/C13H23N5OS2/c1-3-20-8-9(2)16-12(19)10-11(14)17-13(21-10)18-6-4-15-5-7-18/h9,15H,3-8,14H2,1-2H3,(H,16,19). The fourth-order valence-corrected chi connectivity index (χ4v) is 3.71. The number of hydrogen-bond acceptors (Lipinski definition) is 7. The molecule has 1 unspecified atom stereocenters. The zero-order valence-corrected chi connectivity index (χ0v) is 14.1. The number of thioether (sulfide) groups is 1. The minimum Gasteiger partial charge on any atom is -0.382 e. The number of piperazine rings is 1. The second kappa shape index (κ2) is 7.86. The molecule has 21 heavy (non-hydrogen) atoms. The van der Waals surface area contributed by atoms with Gasteiger partial charge in [0.15, 0.2) is 5.13 Å². The molecular weight excluding hydrogens is 306 g/mol. The van der Waals surface area contributed by atoms with Crippen molar-refractivity contribution in [3.63, 3.8) is 0 Å². The lowest BCUT2D eigenvalue weighted by molar-refractivity contribution is 0.0948. The number of nitrogens with one attached hydrogen (secondary N) is 2. The molecule has 1 fully saturated rings. The Morgan fingerprint density at radius 3 is 2.95 bits per heavy atom. The lowest BCUT2D eigenvalue weighted by atomic mass is 10.3. The van der Waals surface area contributed by atoms with Crippen LogP contribution in [0, 0.1) is 0 Å². The van der Waals surface area contributed by atoms with Gasteiger partial charge in [0.1, 0.15) is 10.7 Å². The van der Waals surface area contributed by atoms with Crippen LogP contribution in [-0.2, 0) is 0 Å². The number of thiazole rings is 1. The summed E-state index contributed by atoms with van der Waals surface area (Å²) in [5.74, 6) is 2.18. The SMILES string of the molecule is CCSCC(C)NC(=O)c1sc(N2CCNCC2)nc1N. The Hall–Kier alpha value is -0.990. The molecule has 1 atom stereocenters. The van der Waals surface area contributed by atoms with Crippen molar-refractivity contribution in [2.45, 2.75) is 19.9 Å². The van der Waals surface area contributed by atoms with Crippen LogP contribution in [0.2, 0.25) is 0 Å². The molecule has 0 saturated carbocycles. The van der Waals surface area contributed by atoms with Crippen molar-refractivity contribution in [2.24, 2.45) is 0 Å². The van der Waals surface area contributed by atoms with E-state index in [1.807, 2.05) is 18.7 Å². The third-order valence-corrected chi connectivity index (χ3v) is 5.46. The van der Waals surface area contributed by atoms with Gasteiger partial charge in [0.2, 0.25) is 0 Å². The predicted octanol–water partition coefficient (Wildman–Crippen LogP) is 1.01. The molecule has 0 bridgehead atoms. The predicted molar refractivity (Wildman–Crippen MR) is 91.5 cm³/mol. The molecule has 1 aromatic heterocycles. The van der Waals surface area contributed by atoms with Gasteiger partial charge in [-0.1, -0.05) is 18.3 Å². The van der Waals surface area contributed by atoms with Crippen LogP contribution in [0.1, 0.15) is 23.5 Å². The van der Waals surface area contributed by atoms with Crippen molar-refractivity contribution in [2.75, 3.05) is 48.3 Å². The van der Waals surface area contributed by atoms with Crippen LogP contribution in [0.5, 0.6) is 0 Å². The molecule has 1 aliphatic rings. The number of carbonyl (C=O) groups is 1. The van der Waals surface area contributed by atoms with Gasteiger partial charge in [0, 0.05) is 38.0 Å². The van der Waals surface area contributed by atoms with Crippen molar-refractivity contribution in [3.8, 4) is 0 Å². The first-order valence-electron chi connectivity index (χ1n) is 7.22. The second-order valence-electron chi connectivity index (χ2n) is 4.98. The number of rotatable bonds is 6. The number of nitrogen functional groups attached to an aromatic ring is 1. The number of hydrogen-bond donors (Lipinski definition) is 3. The maximum atomic E-state index is 12.3. The van der Waals surface area contributed by atoms with E-state index in [2.05, 4.69) is 27.4 Å². The summed E-state index contributed by atoms with van der Waals surface area (Å²) in [4.78, 5) is 19.3. The summed E-state index contributed by atoms with van der Waals surface area (Å²) in [6, 6.07) is 0.131. The Morgan fingerprint density at radius 2 is 2.29 bits per heavy atom. The molecule has 118 valence electrons. The van der Waals surface area contributed by atoms with E-state index in [9.17, 15) is 4.79 Å². The molecular formula is C13H23N5OS2. The van der Waals surface area contributed by atoms with E-state index in [4.69, 9.17) is 5.73 Å². The van der Waals surface area contributed by atoms with Crippen LogP contribution in [0.3, 0.4) is 0 Å². The van der Waals surface area contributed by atoms with E-state index in [0.29, 0.717) is 10.7 Å². The average Bonchev–Trinajstić information content (AvgIpc) is 2.88. The summed E-state index contributed by atoms with van der Waals surface area (Å²) >= 11 is 3.20. The first-order valence-corrected chi connectivity index (χ1v) is 9.19. The lowest BCUT2D eigenvalue weighted by Crippen LogP contribution is -2.43. The van der Waals surface area contributed by atoms with Crippen LogP contribution in [-0.4, -0.2) is 54.6 Å². The van der Waals surface area contributed by atoms with Gasteiger partial charge in [-0.25, -0.2) is 4.98 Å². The monoisotopic (exact) mass is 329 g/mol. The van der Waals surface area contributed by atoms with Crippen LogP contribution in [0.25, 0.3) is 0 Å². The highest BCUT2D eigenvalue weighted by molar-refractivity contribution is 7.99. The third-order valence-electron chi connectivity index (χ3n) is 3.19. The van der Waals surface area contributed by atoms with Gasteiger partial charge in [0.05, 0.1) is 0 Å². The van der Waals surface area contributed by atoms with E-state index in [1.54, 1.807) is 0 Å². The molecule has 2 heterocycles. The molecule has 1 amide bonds. The Morgan fingerprint density at radius 1 is 1.57 bits per heavy atom. The number of aromatic nitrogens is 1. The topological polar surface area (TPSA) is 83.3 Å². The largest absolute Gasteiger partial charge is 0.382 e. The van der Waals surface area contributed by atoms with Crippen molar-refractivity contribution in [1.82, 2.24) is 15.6 Å². The normalized spacial score (nSPS) is 16.8. The molecule has 0 spiro atoms. The van der Waals surface area contributed by atoms with Gasteiger partial charge < -0.3 is 21.3 Å². The lowest BCUT2D eigenvalue weighted by Gasteiger charge is -2.26. The summed E-state index contributed by atoms with van der Waals surface area (Å²) < 4.78 is 0. The van der Waals surface area contributed by atoms with E-state index in [-0.39, 0.29) is 11.9 Å². The summed E-state index contributed by atoms with van der Waals surface area (Å²) in [5, 5.41) is 7.13. The molecule has 1 aromatic rings. The highest BCUT2D eigenvalue weighted by atomic mass is 32.2. The average molecular weight is 329 g/mol. The molecule has 0 aromatic carbocycles. The number of nitrogens with two attached hydrogens (primary N) is 1. The highest BCUT2D eigenvalue weighted by Gasteiger charge is 2.21. The maximum absolute atomic E-state index is 12.3. The zero-order valence-electron chi connectivity index (χ0n) is 12.5. The van der Waals surface area contributed by atoms with E-state index < -0.39 is 0 Å². The highest BCUT2D eigenvalue weighted by Crippen LogP contribution is 2.28. The number of nitrogens with zero attached hydrogens (tertiary/aromatic N) is 2. The maximum Gasteiger partial charge on any atom is 0.265 e. The smallest absolute Gasteiger partial charge is 0.265 e.